The number of carbonyl (C=O) groups excluding carboxylic acids is 1. The number of H-pyrrole nitrogens is 1. The summed E-state index contributed by atoms with van der Waals surface area (Å²) in [6.45, 7) is 5.82. The first-order chi connectivity index (χ1) is 12.1. The lowest BCUT2D eigenvalue weighted by atomic mass is 9.93. The Hall–Kier alpha value is -1.88. The second-order valence-electron chi connectivity index (χ2n) is 7.87. The van der Waals surface area contributed by atoms with Gasteiger partial charge in [-0.25, -0.2) is 4.98 Å². The summed E-state index contributed by atoms with van der Waals surface area (Å²) in [7, 11) is 2.12. The normalized spacial score (nSPS) is 25.4. The minimum absolute atomic E-state index is 0.177. The molecule has 2 fully saturated rings. The molecule has 25 heavy (non-hydrogen) atoms. The molecule has 2 aliphatic heterocycles. The van der Waals surface area contributed by atoms with Crippen molar-refractivity contribution in [3.63, 3.8) is 0 Å². The van der Waals surface area contributed by atoms with Crippen molar-refractivity contribution in [1.29, 1.82) is 0 Å². The first-order valence-corrected chi connectivity index (χ1v) is 9.54. The van der Waals surface area contributed by atoms with E-state index in [1.807, 2.05) is 0 Å². The van der Waals surface area contributed by atoms with Gasteiger partial charge >= 0.3 is 0 Å². The largest absolute Gasteiger partial charge is 0.342 e. The van der Waals surface area contributed by atoms with Crippen molar-refractivity contribution in [3.8, 4) is 0 Å². The Kier molecular flexibility index (Phi) is 4.50. The molecule has 2 saturated heterocycles. The lowest BCUT2D eigenvalue weighted by molar-refractivity contribution is -0.138. The van der Waals surface area contributed by atoms with Gasteiger partial charge in [0.1, 0.15) is 5.82 Å². The second kappa shape index (κ2) is 6.79. The molecule has 0 unspecified atom stereocenters. The molecule has 5 heteroatoms. The summed E-state index contributed by atoms with van der Waals surface area (Å²) in [5, 5.41) is 0. The summed E-state index contributed by atoms with van der Waals surface area (Å²) in [6.07, 6.45) is 4.34. The molecule has 0 radical (unpaired) electrons. The molecule has 4 rings (SSSR count). The molecular formula is C20H28N4O. The summed E-state index contributed by atoms with van der Waals surface area (Å²) < 4.78 is 0. The van der Waals surface area contributed by atoms with E-state index in [-0.39, 0.29) is 5.92 Å². The average molecular weight is 340 g/mol. The Morgan fingerprint density at radius 2 is 2.04 bits per heavy atom. The maximum absolute atomic E-state index is 13.0. The number of piperidine rings is 2. The van der Waals surface area contributed by atoms with Crippen LogP contribution < -0.4 is 0 Å². The predicted octanol–water partition coefficient (Wildman–Crippen LogP) is 2.92. The highest BCUT2D eigenvalue weighted by Gasteiger charge is 2.32. The van der Waals surface area contributed by atoms with Crippen LogP contribution in [0.1, 0.15) is 43.0 Å². The number of aromatic nitrogens is 2. The van der Waals surface area contributed by atoms with Crippen molar-refractivity contribution in [1.82, 2.24) is 19.8 Å². The number of benzene rings is 1. The number of imidazole rings is 1. The lowest BCUT2D eigenvalue weighted by Gasteiger charge is -2.37. The first kappa shape index (κ1) is 16.6. The fourth-order valence-electron chi connectivity index (χ4n) is 4.36. The van der Waals surface area contributed by atoms with E-state index >= 15 is 0 Å². The van der Waals surface area contributed by atoms with Crippen LogP contribution in [0.25, 0.3) is 11.0 Å². The zero-order valence-corrected chi connectivity index (χ0v) is 15.3. The predicted molar refractivity (Wildman–Crippen MR) is 99.6 cm³/mol. The van der Waals surface area contributed by atoms with Gasteiger partial charge in [-0.15, -0.1) is 0 Å². The number of aromatic amines is 1. The molecule has 1 N–H and O–H groups in total. The monoisotopic (exact) mass is 340 g/mol. The van der Waals surface area contributed by atoms with E-state index < -0.39 is 0 Å². The highest BCUT2D eigenvalue weighted by atomic mass is 16.2. The van der Waals surface area contributed by atoms with E-state index in [4.69, 9.17) is 4.98 Å². The van der Waals surface area contributed by atoms with Crippen molar-refractivity contribution in [2.24, 2.45) is 5.92 Å². The average Bonchev–Trinajstić information content (AvgIpc) is 3.04. The van der Waals surface area contributed by atoms with Crippen LogP contribution in [0.5, 0.6) is 0 Å². The van der Waals surface area contributed by atoms with Gasteiger partial charge in [0.2, 0.25) is 5.91 Å². The van der Waals surface area contributed by atoms with Crippen molar-refractivity contribution < 1.29 is 4.79 Å². The van der Waals surface area contributed by atoms with E-state index in [1.54, 1.807) is 0 Å². The molecule has 2 aromatic rings. The number of hydrogen-bond donors (Lipinski definition) is 1. The minimum Gasteiger partial charge on any atom is -0.342 e. The molecule has 1 amide bonds. The summed E-state index contributed by atoms with van der Waals surface area (Å²) in [4.78, 5) is 25.6. The molecule has 2 aliphatic rings. The number of amides is 1. The number of aryl methyl sites for hydroxylation is 1. The number of likely N-dealkylation sites (tertiary alicyclic amines) is 2. The van der Waals surface area contributed by atoms with Crippen LogP contribution in [0.15, 0.2) is 18.2 Å². The summed E-state index contributed by atoms with van der Waals surface area (Å²) in [5.74, 6) is 1.89. The quantitative estimate of drug-likeness (QED) is 0.914. The molecule has 1 aromatic heterocycles. The Bertz CT molecular complexity index is 768. The maximum Gasteiger partial charge on any atom is 0.226 e. The van der Waals surface area contributed by atoms with Crippen molar-refractivity contribution >= 4 is 16.9 Å². The van der Waals surface area contributed by atoms with Crippen LogP contribution in [0.3, 0.4) is 0 Å². The van der Waals surface area contributed by atoms with Crippen LogP contribution in [-0.2, 0) is 4.79 Å². The van der Waals surface area contributed by atoms with E-state index in [0.29, 0.717) is 11.8 Å². The third kappa shape index (κ3) is 3.43. The molecule has 3 heterocycles. The third-order valence-electron chi connectivity index (χ3n) is 5.75. The van der Waals surface area contributed by atoms with E-state index in [0.717, 1.165) is 68.7 Å². The number of nitrogens with one attached hydrogen (secondary N) is 1. The highest BCUT2D eigenvalue weighted by molar-refractivity contribution is 5.79. The van der Waals surface area contributed by atoms with Crippen LogP contribution >= 0.6 is 0 Å². The minimum atomic E-state index is 0.177. The molecule has 1 aromatic carbocycles. The van der Waals surface area contributed by atoms with E-state index in [1.165, 1.54) is 5.56 Å². The number of rotatable bonds is 2. The third-order valence-corrected chi connectivity index (χ3v) is 5.75. The fourth-order valence-corrected chi connectivity index (χ4v) is 4.36. The number of carbonyl (C=O) groups is 1. The van der Waals surface area contributed by atoms with E-state index in [2.05, 4.69) is 47.0 Å². The number of nitrogens with zero attached hydrogens (tertiary/aromatic N) is 3. The first-order valence-electron chi connectivity index (χ1n) is 9.54. The summed E-state index contributed by atoms with van der Waals surface area (Å²) in [5.41, 5.74) is 3.37. The molecule has 0 saturated carbocycles. The molecular weight excluding hydrogens is 312 g/mol. The van der Waals surface area contributed by atoms with Crippen molar-refractivity contribution in [2.45, 2.75) is 38.5 Å². The van der Waals surface area contributed by atoms with Crippen molar-refractivity contribution in [2.75, 3.05) is 33.2 Å². The molecule has 134 valence electrons. The Morgan fingerprint density at radius 1 is 1.20 bits per heavy atom. The van der Waals surface area contributed by atoms with Gasteiger partial charge in [0.05, 0.1) is 17.0 Å². The fraction of sp³-hybridized carbons (Fsp3) is 0.600. The van der Waals surface area contributed by atoms with Gasteiger partial charge in [0, 0.05) is 25.6 Å². The molecule has 2 atom stereocenters. The SMILES string of the molecule is Cc1ccc2nc([C@H]3CCCN(C(=O)[C@H]4CCCN(C)C4)C3)[nH]c2c1. The van der Waals surface area contributed by atoms with E-state index in [9.17, 15) is 4.79 Å². The molecule has 5 nitrogen and oxygen atoms in total. The Labute approximate surface area is 149 Å². The zero-order chi connectivity index (χ0) is 17.4. The Balaban J connectivity index is 1.49. The number of hydrogen-bond acceptors (Lipinski definition) is 3. The van der Waals surface area contributed by atoms with Gasteiger partial charge < -0.3 is 14.8 Å². The van der Waals surface area contributed by atoms with Crippen LogP contribution in [0, 0.1) is 12.8 Å². The second-order valence-corrected chi connectivity index (χ2v) is 7.87. The van der Waals surface area contributed by atoms with Gasteiger partial charge in [0.15, 0.2) is 0 Å². The molecule has 0 bridgehead atoms. The van der Waals surface area contributed by atoms with Gasteiger partial charge in [-0.3, -0.25) is 4.79 Å². The van der Waals surface area contributed by atoms with Gasteiger partial charge in [-0.05, 0) is 63.9 Å². The standard InChI is InChI=1S/C20H28N4O/c1-14-7-8-17-18(11-14)22-19(21-17)15-5-4-10-24(13-15)20(25)16-6-3-9-23(2)12-16/h7-8,11,15-16H,3-6,9-10,12-13H2,1-2H3,(H,21,22)/t15-,16-/m0/s1. The van der Waals surface area contributed by atoms with Gasteiger partial charge in [0.25, 0.3) is 0 Å². The Morgan fingerprint density at radius 3 is 2.88 bits per heavy atom. The smallest absolute Gasteiger partial charge is 0.226 e. The van der Waals surface area contributed by atoms with Crippen LogP contribution in [0.2, 0.25) is 0 Å². The van der Waals surface area contributed by atoms with Crippen LogP contribution in [0.4, 0.5) is 0 Å². The lowest BCUT2D eigenvalue weighted by Crippen LogP contribution is -2.46. The molecule has 0 aliphatic carbocycles. The zero-order valence-electron chi connectivity index (χ0n) is 15.3. The van der Waals surface area contributed by atoms with Gasteiger partial charge in [-0.1, -0.05) is 6.07 Å². The maximum atomic E-state index is 13.0. The number of fused-ring (bicyclic) bond motifs is 1. The topological polar surface area (TPSA) is 52.2 Å². The molecule has 0 spiro atoms. The summed E-state index contributed by atoms with van der Waals surface area (Å²) >= 11 is 0. The highest BCUT2D eigenvalue weighted by Crippen LogP contribution is 2.29. The van der Waals surface area contributed by atoms with Gasteiger partial charge in [-0.2, -0.15) is 0 Å². The van der Waals surface area contributed by atoms with Crippen LogP contribution in [-0.4, -0.2) is 58.9 Å². The summed E-state index contributed by atoms with van der Waals surface area (Å²) in [6, 6.07) is 6.33. The van der Waals surface area contributed by atoms with Crippen molar-refractivity contribution in [3.05, 3.63) is 29.6 Å².